The molecule has 7 heteroatoms. The third-order valence-electron chi connectivity index (χ3n) is 3.65. The van der Waals surface area contributed by atoms with Gasteiger partial charge in [-0.3, -0.25) is 4.79 Å². The molecule has 1 aromatic heterocycles. The number of halogens is 1. The fourth-order valence-electron chi connectivity index (χ4n) is 2.45. The summed E-state index contributed by atoms with van der Waals surface area (Å²) in [5, 5.41) is 0.430. The second-order valence-corrected chi connectivity index (χ2v) is 8.61. The number of rotatable bonds is 3. The molecule has 0 saturated heterocycles. The minimum Gasteiger partial charge on any atom is -0.451 e. The number of benzene rings is 1. The number of amides is 1. The lowest BCUT2D eigenvalue weighted by atomic mass is 10.2. The molecule has 0 bridgehead atoms. The van der Waals surface area contributed by atoms with Crippen LogP contribution >= 0.6 is 34.7 Å². The zero-order chi connectivity index (χ0) is 17.1. The predicted molar refractivity (Wildman–Crippen MR) is 98.3 cm³/mol. The molecule has 4 nitrogen and oxygen atoms in total. The Hall–Kier alpha value is -1.50. The standard InChI is InChI=1S/C17H16ClNO3S2/c1-11-8-9-19(12-4-2-3-5-13(12)23-11)16(20)10-22-17(21)14-6-7-15(18)24-14/h2-7,11H,8-10H2,1H3/t11-/m0/s1. The zero-order valence-corrected chi connectivity index (χ0v) is 15.4. The lowest BCUT2D eigenvalue weighted by molar-refractivity contribution is -0.121. The molecule has 0 spiro atoms. The van der Waals surface area contributed by atoms with Crippen molar-refractivity contribution in [2.24, 2.45) is 0 Å². The number of hydrogen-bond donors (Lipinski definition) is 0. The Morgan fingerprint density at radius 3 is 2.83 bits per heavy atom. The number of anilines is 1. The van der Waals surface area contributed by atoms with Gasteiger partial charge in [0.15, 0.2) is 6.61 Å². The molecule has 2 aromatic rings. The SMILES string of the molecule is C[C@H]1CCN(C(=O)COC(=O)c2ccc(Cl)s2)c2ccccc2S1. The highest BCUT2D eigenvalue weighted by Gasteiger charge is 2.25. The van der Waals surface area contributed by atoms with Gasteiger partial charge in [-0.25, -0.2) is 4.79 Å². The van der Waals surface area contributed by atoms with Gasteiger partial charge < -0.3 is 9.64 Å². The summed E-state index contributed by atoms with van der Waals surface area (Å²) in [6.45, 7) is 2.49. The van der Waals surface area contributed by atoms with E-state index in [0.717, 1.165) is 28.3 Å². The molecule has 126 valence electrons. The van der Waals surface area contributed by atoms with E-state index in [-0.39, 0.29) is 12.5 Å². The minimum absolute atomic E-state index is 0.215. The van der Waals surface area contributed by atoms with Crippen LogP contribution in [-0.2, 0) is 9.53 Å². The Balaban J connectivity index is 1.69. The molecule has 0 unspecified atom stereocenters. The van der Waals surface area contributed by atoms with Crippen LogP contribution < -0.4 is 4.90 Å². The van der Waals surface area contributed by atoms with E-state index in [1.54, 1.807) is 28.8 Å². The summed E-state index contributed by atoms with van der Waals surface area (Å²) in [5.74, 6) is -0.737. The average Bonchev–Trinajstić information content (AvgIpc) is 2.92. The van der Waals surface area contributed by atoms with Gasteiger partial charge in [0.1, 0.15) is 4.88 Å². The molecule has 0 N–H and O–H groups in total. The van der Waals surface area contributed by atoms with E-state index in [2.05, 4.69) is 6.92 Å². The first-order chi connectivity index (χ1) is 11.5. The molecular weight excluding hydrogens is 366 g/mol. The van der Waals surface area contributed by atoms with Crippen LogP contribution in [0.15, 0.2) is 41.3 Å². The highest BCUT2D eigenvalue weighted by atomic mass is 35.5. The molecule has 0 saturated carbocycles. The van der Waals surface area contributed by atoms with Crippen LogP contribution in [0.1, 0.15) is 23.0 Å². The van der Waals surface area contributed by atoms with Gasteiger partial charge >= 0.3 is 5.97 Å². The van der Waals surface area contributed by atoms with Crippen molar-refractivity contribution >= 4 is 52.3 Å². The summed E-state index contributed by atoms with van der Waals surface area (Å²) in [5.41, 5.74) is 0.882. The van der Waals surface area contributed by atoms with E-state index in [9.17, 15) is 9.59 Å². The molecule has 2 heterocycles. The quantitative estimate of drug-likeness (QED) is 0.735. The molecule has 0 fully saturated rings. The van der Waals surface area contributed by atoms with E-state index < -0.39 is 5.97 Å². The Bertz CT molecular complexity index is 762. The molecule has 3 rings (SSSR count). The summed E-state index contributed by atoms with van der Waals surface area (Å²) in [4.78, 5) is 27.7. The molecule has 1 aromatic carbocycles. The van der Waals surface area contributed by atoms with Crippen LogP contribution in [0.5, 0.6) is 0 Å². The van der Waals surface area contributed by atoms with Crippen LogP contribution in [0, 0.1) is 0 Å². The van der Waals surface area contributed by atoms with Gasteiger partial charge in [-0.15, -0.1) is 23.1 Å². The number of esters is 1. The van der Waals surface area contributed by atoms with Crippen molar-refractivity contribution < 1.29 is 14.3 Å². The van der Waals surface area contributed by atoms with E-state index in [0.29, 0.717) is 21.0 Å². The number of fused-ring (bicyclic) bond motifs is 1. The van der Waals surface area contributed by atoms with Crippen LogP contribution in [0.4, 0.5) is 5.69 Å². The number of nitrogens with zero attached hydrogens (tertiary/aromatic N) is 1. The van der Waals surface area contributed by atoms with Crippen molar-refractivity contribution in [3.05, 3.63) is 45.6 Å². The maximum absolute atomic E-state index is 12.6. The van der Waals surface area contributed by atoms with Gasteiger partial charge in [0, 0.05) is 16.7 Å². The lowest BCUT2D eigenvalue weighted by Gasteiger charge is -2.22. The maximum Gasteiger partial charge on any atom is 0.348 e. The normalized spacial score (nSPS) is 17.1. The van der Waals surface area contributed by atoms with Gasteiger partial charge in [0.05, 0.1) is 10.0 Å². The molecule has 0 aliphatic carbocycles. The second-order valence-electron chi connectivity index (χ2n) is 5.41. The Morgan fingerprint density at radius 2 is 2.08 bits per heavy atom. The van der Waals surface area contributed by atoms with Gasteiger partial charge in [-0.2, -0.15) is 0 Å². The zero-order valence-electron chi connectivity index (χ0n) is 13.0. The number of carbonyl (C=O) groups excluding carboxylic acids is 2. The van der Waals surface area contributed by atoms with E-state index >= 15 is 0 Å². The average molecular weight is 382 g/mol. The van der Waals surface area contributed by atoms with Crippen molar-refractivity contribution in [2.75, 3.05) is 18.1 Å². The third kappa shape index (κ3) is 3.94. The van der Waals surface area contributed by atoms with Gasteiger partial charge in [0.25, 0.3) is 5.91 Å². The van der Waals surface area contributed by atoms with Crippen molar-refractivity contribution in [1.29, 1.82) is 0 Å². The number of carbonyl (C=O) groups is 2. The predicted octanol–water partition coefficient (Wildman–Crippen LogP) is 4.48. The Kier molecular flexibility index (Phi) is 5.48. The Morgan fingerprint density at radius 1 is 1.29 bits per heavy atom. The lowest BCUT2D eigenvalue weighted by Crippen LogP contribution is -2.35. The molecule has 1 aliphatic heterocycles. The molecule has 0 radical (unpaired) electrons. The largest absolute Gasteiger partial charge is 0.451 e. The van der Waals surface area contributed by atoms with Gasteiger partial charge in [-0.05, 0) is 30.7 Å². The Labute approximate surface area is 153 Å². The molecule has 24 heavy (non-hydrogen) atoms. The van der Waals surface area contributed by atoms with Crippen molar-refractivity contribution in [1.82, 2.24) is 0 Å². The highest BCUT2D eigenvalue weighted by molar-refractivity contribution is 8.00. The molecular formula is C17H16ClNO3S2. The smallest absolute Gasteiger partial charge is 0.348 e. The summed E-state index contributed by atoms with van der Waals surface area (Å²) >= 11 is 8.71. The van der Waals surface area contributed by atoms with Crippen LogP contribution in [0.25, 0.3) is 0 Å². The van der Waals surface area contributed by atoms with Crippen LogP contribution in [0.2, 0.25) is 4.34 Å². The maximum atomic E-state index is 12.6. The number of thioether (sulfide) groups is 1. The van der Waals surface area contributed by atoms with Crippen LogP contribution in [-0.4, -0.2) is 30.3 Å². The van der Waals surface area contributed by atoms with E-state index in [1.165, 1.54) is 0 Å². The summed E-state index contributed by atoms with van der Waals surface area (Å²) in [6, 6.07) is 11.1. The number of ether oxygens (including phenoxy) is 1. The first kappa shape index (κ1) is 17.3. The van der Waals surface area contributed by atoms with Gasteiger partial charge in [0.2, 0.25) is 0 Å². The van der Waals surface area contributed by atoms with Crippen LogP contribution in [0.3, 0.4) is 0 Å². The van der Waals surface area contributed by atoms with E-state index in [1.807, 2.05) is 24.3 Å². The van der Waals surface area contributed by atoms with Crippen molar-refractivity contribution in [2.45, 2.75) is 23.5 Å². The minimum atomic E-state index is -0.522. The third-order valence-corrected chi connectivity index (χ3v) is 6.09. The highest BCUT2D eigenvalue weighted by Crippen LogP contribution is 2.37. The summed E-state index contributed by atoms with van der Waals surface area (Å²) < 4.78 is 5.67. The molecule has 1 amide bonds. The molecule has 1 aliphatic rings. The molecule has 1 atom stereocenters. The number of hydrogen-bond acceptors (Lipinski definition) is 5. The van der Waals surface area contributed by atoms with E-state index in [4.69, 9.17) is 16.3 Å². The van der Waals surface area contributed by atoms with Crippen molar-refractivity contribution in [3.63, 3.8) is 0 Å². The number of para-hydroxylation sites is 1. The second kappa shape index (κ2) is 7.59. The number of thiophene rings is 1. The fraction of sp³-hybridized carbons (Fsp3) is 0.294. The van der Waals surface area contributed by atoms with Crippen molar-refractivity contribution in [3.8, 4) is 0 Å². The monoisotopic (exact) mass is 381 g/mol. The fourth-order valence-corrected chi connectivity index (χ4v) is 4.50. The first-order valence-electron chi connectivity index (χ1n) is 7.53. The first-order valence-corrected chi connectivity index (χ1v) is 9.60. The summed E-state index contributed by atoms with van der Waals surface area (Å²) in [6.07, 6.45) is 0.888. The summed E-state index contributed by atoms with van der Waals surface area (Å²) in [7, 11) is 0. The topological polar surface area (TPSA) is 46.6 Å². The van der Waals surface area contributed by atoms with Gasteiger partial charge in [-0.1, -0.05) is 30.7 Å².